The number of rotatable bonds is 6. The summed E-state index contributed by atoms with van der Waals surface area (Å²) in [4.78, 5) is 15.6. The number of nitrogens with zero attached hydrogens (tertiary/aromatic N) is 1. The molecule has 0 aromatic heterocycles. The summed E-state index contributed by atoms with van der Waals surface area (Å²) < 4.78 is 0. The van der Waals surface area contributed by atoms with Gasteiger partial charge in [0.25, 0.3) is 0 Å². The van der Waals surface area contributed by atoms with Crippen LogP contribution in [0.15, 0.2) is 35.2 Å². The number of carbonyl (C=O) groups excluding carboxylic acids is 1. The highest BCUT2D eigenvalue weighted by atomic mass is 32.2. The average Bonchev–Trinajstić information content (AvgIpc) is 2.96. The van der Waals surface area contributed by atoms with Crippen LogP contribution in [0.4, 0.5) is 0 Å². The number of nitrogens with one attached hydrogen (secondary N) is 1. The van der Waals surface area contributed by atoms with Gasteiger partial charge in [-0.2, -0.15) is 0 Å². The van der Waals surface area contributed by atoms with Gasteiger partial charge in [0.05, 0.1) is 5.75 Å². The Kier molecular flexibility index (Phi) is 5.92. The molecular weight excluding hydrogens is 268 g/mol. The van der Waals surface area contributed by atoms with Crippen molar-refractivity contribution in [3.63, 3.8) is 0 Å². The first-order valence-electron chi connectivity index (χ1n) is 7.37. The molecule has 3 nitrogen and oxygen atoms in total. The van der Waals surface area contributed by atoms with Crippen LogP contribution in [0, 0.1) is 0 Å². The number of amides is 1. The zero-order valence-electron chi connectivity index (χ0n) is 12.3. The summed E-state index contributed by atoms with van der Waals surface area (Å²) in [7, 11) is 0. The topological polar surface area (TPSA) is 32.3 Å². The van der Waals surface area contributed by atoms with E-state index in [1.807, 2.05) is 23.1 Å². The highest BCUT2D eigenvalue weighted by Crippen LogP contribution is 2.18. The maximum atomic E-state index is 12.4. The molecule has 0 spiro atoms. The van der Waals surface area contributed by atoms with Crippen molar-refractivity contribution in [2.24, 2.45) is 0 Å². The van der Waals surface area contributed by atoms with E-state index < -0.39 is 0 Å². The Labute approximate surface area is 126 Å². The van der Waals surface area contributed by atoms with Gasteiger partial charge in [-0.1, -0.05) is 18.2 Å². The van der Waals surface area contributed by atoms with Gasteiger partial charge in [-0.3, -0.25) is 4.79 Å². The van der Waals surface area contributed by atoms with Crippen LogP contribution in [0.2, 0.25) is 0 Å². The summed E-state index contributed by atoms with van der Waals surface area (Å²) >= 11 is 1.62. The van der Waals surface area contributed by atoms with E-state index in [1.165, 1.54) is 12.8 Å². The molecule has 0 bridgehead atoms. The van der Waals surface area contributed by atoms with Crippen LogP contribution in [0.25, 0.3) is 0 Å². The number of hydrogen-bond donors (Lipinski definition) is 1. The largest absolute Gasteiger partial charge is 0.338 e. The molecule has 1 aliphatic heterocycles. The molecule has 0 radical (unpaired) electrons. The molecule has 1 aromatic carbocycles. The first-order chi connectivity index (χ1) is 9.66. The first kappa shape index (κ1) is 15.4. The molecule has 1 unspecified atom stereocenters. The summed E-state index contributed by atoms with van der Waals surface area (Å²) in [5.74, 6) is 0.761. The van der Waals surface area contributed by atoms with Gasteiger partial charge in [0.15, 0.2) is 0 Å². The van der Waals surface area contributed by atoms with Gasteiger partial charge >= 0.3 is 0 Å². The van der Waals surface area contributed by atoms with Crippen LogP contribution < -0.4 is 5.32 Å². The van der Waals surface area contributed by atoms with Crippen molar-refractivity contribution in [3.8, 4) is 0 Å². The van der Waals surface area contributed by atoms with E-state index >= 15 is 0 Å². The van der Waals surface area contributed by atoms with Gasteiger partial charge in [0, 0.05) is 23.5 Å². The lowest BCUT2D eigenvalue weighted by atomic mass is 10.2. The monoisotopic (exact) mass is 292 g/mol. The lowest BCUT2D eigenvalue weighted by Gasteiger charge is -2.29. The highest BCUT2D eigenvalue weighted by molar-refractivity contribution is 8.00. The summed E-state index contributed by atoms with van der Waals surface area (Å²) in [5, 5.41) is 3.47. The molecule has 4 heteroatoms. The fraction of sp³-hybridized carbons (Fsp3) is 0.562. The van der Waals surface area contributed by atoms with Crippen LogP contribution in [0.3, 0.4) is 0 Å². The molecule has 2 rings (SSSR count). The minimum Gasteiger partial charge on any atom is -0.338 e. The molecule has 1 aromatic rings. The molecule has 110 valence electrons. The minimum atomic E-state index is 0.238. The maximum Gasteiger partial charge on any atom is 0.233 e. The zero-order valence-corrected chi connectivity index (χ0v) is 13.2. The Morgan fingerprint density at radius 2 is 2.15 bits per heavy atom. The predicted molar refractivity (Wildman–Crippen MR) is 85.0 cm³/mol. The minimum absolute atomic E-state index is 0.238. The average molecular weight is 292 g/mol. The molecule has 1 saturated heterocycles. The molecule has 1 amide bonds. The second-order valence-electron chi connectivity index (χ2n) is 5.53. The Morgan fingerprint density at radius 3 is 2.75 bits per heavy atom. The number of thioether (sulfide) groups is 1. The van der Waals surface area contributed by atoms with Gasteiger partial charge in [-0.05, 0) is 45.4 Å². The molecular formula is C16H24N2OS. The van der Waals surface area contributed by atoms with E-state index in [0.29, 0.717) is 11.8 Å². The fourth-order valence-corrected chi connectivity index (χ4v) is 3.30. The van der Waals surface area contributed by atoms with Gasteiger partial charge < -0.3 is 10.2 Å². The fourth-order valence-electron chi connectivity index (χ4n) is 2.50. The number of benzene rings is 1. The summed E-state index contributed by atoms with van der Waals surface area (Å²) in [6.45, 7) is 6.12. The lowest BCUT2D eigenvalue weighted by Crippen LogP contribution is -2.45. The molecule has 1 N–H and O–H groups in total. The van der Waals surface area contributed by atoms with E-state index in [-0.39, 0.29) is 11.9 Å². The third-order valence-electron chi connectivity index (χ3n) is 3.63. The van der Waals surface area contributed by atoms with Crippen LogP contribution in [0.5, 0.6) is 0 Å². The van der Waals surface area contributed by atoms with E-state index in [1.54, 1.807) is 11.8 Å². The van der Waals surface area contributed by atoms with Crippen molar-refractivity contribution in [2.45, 2.75) is 43.7 Å². The van der Waals surface area contributed by atoms with Gasteiger partial charge in [-0.15, -0.1) is 11.8 Å². The van der Waals surface area contributed by atoms with Crippen LogP contribution in [-0.2, 0) is 4.79 Å². The summed E-state index contributed by atoms with van der Waals surface area (Å²) in [5.41, 5.74) is 0. The van der Waals surface area contributed by atoms with Crippen molar-refractivity contribution in [1.29, 1.82) is 0 Å². The summed E-state index contributed by atoms with van der Waals surface area (Å²) in [6, 6.07) is 10.9. The van der Waals surface area contributed by atoms with Crippen LogP contribution in [-0.4, -0.2) is 41.7 Å². The van der Waals surface area contributed by atoms with E-state index in [4.69, 9.17) is 0 Å². The Hall–Kier alpha value is -1.00. The number of carbonyl (C=O) groups is 1. The maximum absolute atomic E-state index is 12.4. The summed E-state index contributed by atoms with van der Waals surface area (Å²) in [6.07, 6.45) is 2.41. The van der Waals surface area contributed by atoms with Crippen LogP contribution >= 0.6 is 11.8 Å². The molecule has 1 fully saturated rings. The second-order valence-corrected chi connectivity index (χ2v) is 6.58. The van der Waals surface area contributed by atoms with Crippen molar-refractivity contribution in [3.05, 3.63) is 30.3 Å². The third-order valence-corrected chi connectivity index (χ3v) is 4.63. The second kappa shape index (κ2) is 7.70. The molecule has 1 atom stereocenters. The Balaban J connectivity index is 1.86. The molecule has 1 aliphatic rings. The van der Waals surface area contributed by atoms with Crippen molar-refractivity contribution < 1.29 is 4.79 Å². The van der Waals surface area contributed by atoms with Gasteiger partial charge in [-0.25, -0.2) is 0 Å². The molecule has 0 aliphatic carbocycles. The van der Waals surface area contributed by atoms with Crippen LogP contribution in [0.1, 0.15) is 26.7 Å². The predicted octanol–water partition coefficient (Wildman–Crippen LogP) is 2.77. The van der Waals surface area contributed by atoms with E-state index in [2.05, 4.69) is 31.3 Å². The van der Waals surface area contributed by atoms with E-state index in [0.717, 1.165) is 18.0 Å². The highest BCUT2D eigenvalue weighted by Gasteiger charge is 2.23. The lowest BCUT2D eigenvalue weighted by molar-refractivity contribution is -0.130. The normalized spacial score (nSPS) is 18.4. The first-order valence-corrected chi connectivity index (χ1v) is 8.36. The third kappa shape index (κ3) is 4.53. The Morgan fingerprint density at radius 1 is 1.40 bits per heavy atom. The molecule has 20 heavy (non-hydrogen) atoms. The standard InChI is InChI=1S/C16H24N2OS/c1-13(2)18(11-14-7-6-10-17-14)16(19)12-20-15-8-4-3-5-9-15/h3-5,8-9,13-14,17H,6-7,10-12H2,1-2H3. The SMILES string of the molecule is CC(C)N(CC1CCCN1)C(=O)CSc1ccccc1. The van der Waals surface area contributed by atoms with Gasteiger partial charge in [0.2, 0.25) is 5.91 Å². The number of hydrogen-bond acceptors (Lipinski definition) is 3. The van der Waals surface area contributed by atoms with Crippen molar-refractivity contribution in [1.82, 2.24) is 10.2 Å². The van der Waals surface area contributed by atoms with Crippen molar-refractivity contribution in [2.75, 3.05) is 18.8 Å². The van der Waals surface area contributed by atoms with E-state index in [9.17, 15) is 4.79 Å². The Bertz CT molecular complexity index is 416. The smallest absolute Gasteiger partial charge is 0.233 e. The van der Waals surface area contributed by atoms with Gasteiger partial charge in [0.1, 0.15) is 0 Å². The zero-order chi connectivity index (χ0) is 14.4. The molecule has 0 saturated carbocycles. The quantitative estimate of drug-likeness (QED) is 0.818. The molecule has 1 heterocycles. The van der Waals surface area contributed by atoms with Crippen molar-refractivity contribution >= 4 is 17.7 Å².